The molecule has 0 aliphatic rings. The minimum absolute atomic E-state index is 0.0527. The zero-order chi connectivity index (χ0) is 19.7. The normalized spacial score (nSPS) is 11.6. The van der Waals surface area contributed by atoms with E-state index in [1.165, 1.54) is 6.92 Å². The highest BCUT2D eigenvalue weighted by molar-refractivity contribution is 5.94. The first-order chi connectivity index (χ1) is 10.6. The van der Waals surface area contributed by atoms with Crippen LogP contribution in [0.2, 0.25) is 0 Å². The summed E-state index contributed by atoms with van der Waals surface area (Å²) in [6, 6.07) is 0. The second-order valence-corrected chi connectivity index (χ2v) is 5.33. The average Bonchev–Trinajstić information content (AvgIpc) is 2.36. The van der Waals surface area contributed by atoms with Crippen LogP contribution in [0.4, 0.5) is 26.3 Å². The highest BCUT2D eigenvalue weighted by Gasteiger charge is 2.55. The molecule has 0 saturated carbocycles. The monoisotopic (exact) mass is 360 g/mol. The molecule has 0 unspecified atom stereocenters. The molecule has 0 bridgehead atoms. The van der Waals surface area contributed by atoms with Crippen molar-refractivity contribution < 1.29 is 35.9 Å². The molecule has 0 heterocycles. The fourth-order valence-corrected chi connectivity index (χ4v) is 1.44. The van der Waals surface area contributed by atoms with Gasteiger partial charge in [-0.3, -0.25) is 9.59 Å². The van der Waals surface area contributed by atoms with E-state index in [0.717, 1.165) is 6.42 Å². The Morgan fingerprint density at radius 2 is 1.17 bits per heavy atom. The van der Waals surface area contributed by atoms with Gasteiger partial charge in [0.05, 0.1) is 0 Å². The molecule has 8 heteroatoms. The van der Waals surface area contributed by atoms with Crippen LogP contribution in [0.3, 0.4) is 0 Å². The average molecular weight is 360 g/mol. The molecule has 0 fully saturated rings. The maximum absolute atomic E-state index is 12.0. The van der Waals surface area contributed by atoms with Gasteiger partial charge in [0.1, 0.15) is 0 Å². The Morgan fingerprint density at radius 3 is 1.38 bits per heavy atom. The molecular weight excluding hydrogens is 338 g/mol. The van der Waals surface area contributed by atoms with Crippen LogP contribution < -0.4 is 0 Å². The van der Waals surface area contributed by atoms with E-state index in [4.69, 9.17) is 0 Å². The van der Waals surface area contributed by atoms with Crippen LogP contribution in [0.5, 0.6) is 0 Å². The van der Waals surface area contributed by atoms with E-state index in [0.29, 0.717) is 12.0 Å². The lowest BCUT2D eigenvalue weighted by Crippen LogP contribution is -2.36. The predicted octanol–water partition coefficient (Wildman–Crippen LogP) is 5.58. The van der Waals surface area contributed by atoms with Gasteiger partial charge >= 0.3 is 12.4 Å². The van der Waals surface area contributed by atoms with E-state index >= 15 is 0 Å². The smallest absolute Gasteiger partial charge is 0.295 e. The number of allylic oxidation sites excluding steroid dienone is 2. The van der Waals surface area contributed by atoms with E-state index in [1.54, 1.807) is 6.92 Å². The van der Waals surface area contributed by atoms with Crippen molar-refractivity contribution in [1.29, 1.82) is 0 Å². The number of halogens is 6. The summed E-state index contributed by atoms with van der Waals surface area (Å²) in [6.07, 6.45) is -11.3. The maximum atomic E-state index is 12.0. The molecule has 0 saturated heterocycles. The first kappa shape index (κ1) is 24.6. The summed E-state index contributed by atoms with van der Waals surface area (Å²) in [6.45, 7) is 11.6. The van der Waals surface area contributed by atoms with Gasteiger partial charge in [-0.15, -0.1) is 0 Å². The number of rotatable bonds is 7. The van der Waals surface area contributed by atoms with E-state index < -0.39 is 36.9 Å². The number of alkyl halides is 6. The molecule has 0 atom stereocenters. The molecule has 140 valence electrons. The van der Waals surface area contributed by atoms with Crippen LogP contribution in [0, 0.1) is 5.92 Å². The Kier molecular flexibility index (Phi) is 10.6. The SMILES string of the molecule is C=C(C)C(=O)CCC.C=C(C)C(=O)CCC(C(F)(F)F)C(F)(F)F. The molecule has 0 aromatic heterocycles. The molecule has 0 amide bonds. The second kappa shape index (κ2) is 10.3. The van der Waals surface area contributed by atoms with E-state index in [2.05, 4.69) is 13.2 Å². The van der Waals surface area contributed by atoms with Crippen LogP contribution in [-0.2, 0) is 9.59 Å². The summed E-state index contributed by atoms with van der Waals surface area (Å²) in [5.74, 6) is -4.06. The fourth-order valence-electron chi connectivity index (χ4n) is 1.44. The van der Waals surface area contributed by atoms with Crippen LogP contribution >= 0.6 is 0 Å². The number of Topliss-reactive ketones (excluding diaryl/α,β-unsaturated/α-hetero) is 2. The van der Waals surface area contributed by atoms with Crippen molar-refractivity contribution in [3.05, 3.63) is 24.3 Å². The van der Waals surface area contributed by atoms with Crippen molar-refractivity contribution >= 4 is 11.6 Å². The molecular formula is C16H22F6O2. The quantitative estimate of drug-likeness (QED) is 0.438. The Hall–Kier alpha value is -1.60. The van der Waals surface area contributed by atoms with Crippen molar-refractivity contribution in [2.24, 2.45) is 5.92 Å². The first-order valence-corrected chi connectivity index (χ1v) is 7.15. The summed E-state index contributed by atoms with van der Waals surface area (Å²) >= 11 is 0. The zero-order valence-electron chi connectivity index (χ0n) is 13.9. The number of hydrogen-bond donors (Lipinski definition) is 0. The Balaban J connectivity index is 0. The Morgan fingerprint density at radius 1 is 0.833 bits per heavy atom. The van der Waals surface area contributed by atoms with Crippen molar-refractivity contribution in [2.45, 2.75) is 58.8 Å². The van der Waals surface area contributed by atoms with Gasteiger partial charge in [-0.05, 0) is 37.8 Å². The molecule has 2 nitrogen and oxygen atoms in total. The molecule has 0 N–H and O–H groups in total. The third kappa shape index (κ3) is 11.0. The van der Waals surface area contributed by atoms with Crippen molar-refractivity contribution in [2.75, 3.05) is 0 Å². The number of ketones is 2. The number of carbonyl (C=O) groups excluding carboxylic acids is 2. The fraction of sp³-hybridized carbons (Fsp3) is 0.625. The third-order valence-corrected chi connectivity index (χ3v) is 2.88. The molecule has 0 spiro atoms. The molecule has 0 aliphatic carbocycles. The van der Waals surface area contributed by atoms with Crippen LogP contribution in [0.25, 0.3) is 0 Å². The van der Waals surface area contributed by atoms with E-state index in [1.807, 2.05) is 6.92 Å². The third-order valence-electron chi connectivity index (χ3n) is 2.88. The van der Waals surface area contributed by atoms with Gasteiger partial charge in [0, 0.05) is 12.8 Å². The van der Waals surface area contributed by atoms with Gasteiger partial charge in [0.2, 0.25) is 0 Å². The van der Waals surface area contributed by atoms with Gasteiger partial charge in [-0.25, -0.2) is 0 Å². The Bertz CT molecular complexity index is 446. The van der Waals surface area contributed by atoms with Crippen molar-refractivity contribution in [1.82, 2.24) is 0 Å². The largest absolute Gasteiger partial charge is 0.400 e. The number of carbonyl (C=O) groups is 2. The highest BCUT2D eigenvalue weighted by Crippen LogP contribution is 2.42. The van der Waals surface area contributed by atoms with Gasteiger partial charge in [0.15, 0.2) is 17.5 Å². The molecule has 0 aliphatic heterocycles. The van der Waals surface area contributed by atoms with E-state index in [9.17, 15) is 35.9 Å². The summed E-state index contributed by atoms with van der Waals surface area (Å²) in [5, 5.41) is 0. The van der Waals surface area contributed by atoms with E-state index in [-0.39, 0.29) is 11.4 Å². The minimum Gasteiger partial charge on any atom is -0.295 e. The van der Waals surface area contributed by atoms with Gasteiger partial charge in [-0.2, -0.15) is 26.3 Å². The summed E-state index contributed by atoms with van der Waals surface area (Å²) in [4.78, 5) is 21.5. The molecule has 0 aromatic rings. The maximum Gasteiger partial charge on any atom is 0.400 e. The topological polar surface area (TPSA) is 34.1 Å². The summed E-state index contributed by atoms with van der Waals surface area (Å²) < 4.78 is 72.1. The molecule has 0 rings (SSSR count). The van der Waals surface area contributed by atoms with Crippen molar-refractivity contribution in [3.63, 3.8) is 0 Å². The van der Waals surface area contributed by atoms with Crippen LogP contribution in [0.15, 0.2) is 24.3 Å². The predicted molar refractivity (Wildman–Crippen MR) is 79.4 cm³/mol. The second-order valence-electron chi connectivity index (χ2n) is 5.33. The lowest BCUT2D eigenvalue weighted by Gasteiger charge is -2.22. The van der Waals surface area contributed by atoms with Gasteiger partial charge in [0.25, 0.3) is 0 Å². The lowest BCUT2D eigenvalue weighted by molar-refractivity contribution is -0.285. The summed E-state index contributed by atoms with van der Waals surface area (Å²) in [5.41, 5.74) is 0.620. The van der Waals surface area contributed by atoms with Gasteiger partial charge in [-0.1, -0.05) is 20.1 Å². The molecule has 0 radical (unpaired) electrons. The first-order valence-electron chi connectivity index (χ1n) is 7.15. The highest BCUT2D eigenvalue weighted by atomic mass is 19.4. The standard InChI is InChI=1S/C9H10F6O.C7H12O/c1-5(2)6(16)3-4-7(8(10,11)12)9(13,14)15;1-4-5-7(8)6(2)3/h7H,1,3-4H2,2H3;2,4-5H2,1,3H3. The minimum atomic E-state index is -5.38. The van der Waals surface area contributed by atoms with Crippen LogP contribution in [-0.4, -0.2) is 23.9 Å². The van der Waals surface area contributed by atoms with Crippen molar-refractivity contribution in [3.8, 4) is 0 Å². The molecule has 0 aromatic carbocycles. The zero-order valence-corrected chi connectivity index (χ0v) is 13.9. The lowest BCUT2D eigenvalue weighted by atomic mass is 9.98. The number of hydrogen-bond acceptors (Lipinski definition) is 2. The molecule has 24 heavy (non-hydrogen) atoms. The van der Waals surface area contributed by atoms with Crippen LogP contribution in [0.1, 0.15) is 46.5 Å². The summed E-state index contributed by atoms with van der Waals surface area (Å²) in [7, 11) is 0. The Labute approximate surface area is 137 Å². The van der Waals surface area contributed by atoms with Gasteiger partial charge < -0.3 is 0 Å².